The van der Waals surface area contributed by atoms with Crippen LogP contribution in [0.4, 0.5) is 13.2 Å². The fraction of sp³-hybridized carbons (Fsp3) is 0.500. The van der Waals surface area contributed by atoms with E-state index in [4.69, 9.17) is 9.47 Å². The van der Waals surface area contributed by atoms with E-state index in [1.807, 2.05) is 12.2 Å². The second kappa shape index (κ2) is 13.5. The molecule has 3 atom stereocenters. The second-order valence-electron chi connectivity index (χ2n) is 8.62. The van der Waals surface area contributed by atoms with Gasteiger partial charge >= 0.3 is 12.1 Å². The largest absolute Gasteiger partial charge is 0.491 e. The number of carbonyl (C=O) groups is 1. The first-order valence-electron chi connectivity index (χ1n) is 11.6. The third-order valence-corrected chi connectivity index (χ3v) is 5.28. The lowest BCUT2D eigenvalue weighted by molar-refractivity contribution is -0.147. The van der Waals surface area contributed by atoms with Gasteiger partial charge in [0, 0.05) is 12.8 Å². The first kappa shape index (κ1) is 28.6. The molecule has 0 spiro atoms. The Kier molecular flexibility index (Phi) is 11.0. The van der Waals surface area contributed by atoms with Gasteiger partial charge in [0.1, 0.15) is 18.5 Å². The van der Waals surface area contributed by atoms with E-state index in [2.05, 4.69) is 0 Å². The lowest BCUT2D eigenvalue weighted by atomic mass is 10.0. The van der Waals surface area contributed by atoms with Gasteiger partial charge in [-0.3, -0.25) is 4.79 Å². The molecule has 2 rings (SSSR count). The van der Waals surface area contributed by atoms with E-state index >= 15 is 0 Å². The van der Waals surface area contributed by atoms with Crippen molar-refractivity contribution in [3.8, 4) is 5.75 Å². The lowest BCUT2D eigenvalue weighted by Gasteiger charge is -2.12. The standard InChI is InChI=1S/C26H33F3O6/c1-17(2)35-25(33)11-6-4-3-5-10-21-22(24(32)15-23(21)31)13-12-19(30)16-34-20-9-7-8-18(14-20)26(27,28)29/h3,5,7-9,12-14,17,19,23-24,30-32H,4,6,10-11,15-16H2,1-2H3/t19-,23+,24-/m1/s1. The normalized spacial score (nSPS) is 19.8. The Balaban J connectivity index is 1.89. The summed E-state index contributed by atoms with van der Waals surface area (Å²) in [6.07, 6.45) is 1.29. The van der Waals surface area contributed by atoms with Gasteiger partial charge in [-0.25, -0.2) is 0 Å². The minimum Gasteiger partial charge on any atom is -0.491 e. The van der Waals surface area contributed by atoms with Gasteiger partial charge in [0.05, 0.1) is 23.9 Å². The van der Waals surface area contributed by atoms with Gasteiger partial charge < -0.3 is 24.8 Å². The van der Waals surface area contributed by atoms with Crippen LogP contribution in [-0.2, 0) is 15.7 Å². The van der Waals surface area contributed by atoms with Gasteiger partial charge in [-0.1, -0.05) is 30.4 Å². The molecule has 1 aromatic carbocycles. The van der Waals surface area contributed by atoms with Crippen molar-refractivity contribution in [2.75, 3.05) is 6.61 Å². The monoisotopic (exact) mass is 498 g/mol. The number of hydrogen-bond acceptors (Lipinski definition) is 6. The minimum atomic E-state index is -4.49. The van der Waals surface area contributed by atoms with E-state index in [9.17, 15) is 33.3 Å². The van der Waals surface area contributed by atoms with Crippen LogP contribution in [0.1, 0.15) is 51.5 Å². The number of alkyl halides is 3. The van der Waals surface area contributed by atoms with E-state index < -0.39 is 30.1 Å². The Labute approximate surface area is 203 Å². The number of ether oxygens (including phenoxy) is 2. The summed E-state index contributed by atoms with van der Waals surface area (Å²) in [7, 11) is 0. The quantitative estimate of drug-likeness (QED) is 0.223. The zero-order chi connectivity index (χ0) is 26.0. The number of unbranched alkanes of at least 4 members (excludes halogenated alkanes) is 1. The van der Waals surface area contributed by atoms with E-state index in [1.165, 1.54) is 24.3 Å². The average Bonchev–Trinajstić information content (AvgIpc) is 3.04. The second-order valence-corrected chi connectivity index (χ2v) is 8.62. The van der Waals surface area contributed by atoms with Gasteiger partial charge in [0.15, 0.2) is 0 Å². The number of hydrogen-bond donors (Lipinski definition) is 3. The van der Waals surface area contributed by atoms with Crippen molar-refractivity contribution < 1.29 is 42.8 Å². The van der Waals surface area contributed by atoms with Crippen molar-refractivity contribution in [1.82, 2.24) is 0 Å². The SMILES string of the molecule is CC(C)OC(=O)CCCC=CCC1=C(C=C[C@@H](O)COc2cccc(C(F)(F)F)c2)[C@H](O)C[C@@H]1O. The molecule has 0 unspecified atom stereocenters. The van der Waals surface area contributed by atoms with Gasteiger partial charge in [0.25, 0.3) is 0 Å². The minimum absolute atomic E-state index is 0.0221. The Hall–Kier alpha value is -2.62. The summed E-state index contributed by atoms with van der Waals surface area (Å²) in [5.74, 6) is -0.264. The highest BCUT2D eigenvalue weighted by atomic mass is 19.4. The molecule has 3 N–H and O–H groups in total. The van der Waals surface area contributed by atoms with Crippen LogP contribution in [0.15, 0.2) is 59.7 Å². The van der Waals surface area contributed by atoms with Crippen molar-refractivity contribution >= 4 is 5.97 Å². The van der Waals surface area contributed by atoms with E-state index in [-0.39, 0.29) is 30.9 Å². The maximum Gasteiger partial charge on any atom is 0.416 e. The molecular formula is C26H33F3O6. The maximum absolute atomic E-state index is 12.8. The van der Waals surface area contributed by atoms with Crippen molar-refractivity contribution in [2.24, 2.45) is 0 Å². The average molecular weight is 499 g/mol. The molecule has 0 heterocycles. The molecule has 0 saturated heterocycles. The van der Waals surface area contributed by atoms with E-state index in [1.54, 1.807) is 13.8 Å². The van der Waals surface area contributed by atoms with Gasteiger partial charge in [-0.05, 0) is 62.5 Å². The fourth-order valence-electron chi connectivity index (χ4n) is 3.59. The first-order chi connectivity index (χ1) is 16.5. The first-order valence-corrected chi connectivity index (χ1v) is 11.6. The third kappa shape index (κ3) is 9.87. The van der Waals surface area contributed by atoms with Crippen LogP contribution in [0, 0.1) is 0 Å². The summed E-state index contributed by atoms with van der Waals surface area (Å²) in [6.45, 7) is 3.31. The van der Waals surface area contributed by atoms with Crippen LogP contribution >= 0.6 is 0 Å². The van der Waals surface area contributed by atoms with Crippen LogP contribution in [0.25, 0.3) is 0 Å². The summed E-state index contributed by atoms with van der Waals surface area (Å²) < 4.78 is 48.7. The van der Waals surface area contributed by atoms with Crippen molar-refractivity contribution in [2.45, 2.75) is 76.5 Å². The summed E-state index contributed by atoms with van der Waals surface area (Å²) in [6, 6.07) is 4.37. The summed E-state index contributed by atoms with van der Waals surface area (Å²) in [4.78, 5) is 11.5. The third-order valence-electron chi connectivity index (χ3n) is 5.28. The molecule has 0 radical (unpaired) electrons. The lowest BCUT2D eigenvalue weighted by Crippen LogP contribution is -2.15. The van der Waals surface area contributed by atoms with Crippen molar-refractivity contribution in [3.05, 3.63) is 65.3 Å². The Bertz CT molecular complexity index is 920. The highest BCUT2D eigenvalue weighted by Gasteiger charge is 2.31. The molecule has 9 heteroatoms. The summed E-state index contributed by atoms with van der Waals surface area (Å²) in [5.41, 5.74) is 0.262. The van der Waals surface area contributed by atoms with Gasteiger partial charge in [0.2, 0.25) is 0 Å². The zero-order valence-electron chi connectivity index (χ0n) is 19.9. The maximum atomic E-state index is 12.8. The van der Waals surface area contributed by atoms with E-state index in [0.29, 0.717) is 36.8 Å². The highest BCUT2D eigenvalue weighted by Crippen LogP contribution is 2.32. The number of aliphatic hydroxyl groups is 3. The predicted molar refractivity (Wildman–Crippen MR) is 125 cm³/mol. The number of halogens is 3. The number of rotatable bonds is 12. The van der Waals surface area contributed by atoms with Crippen LogP contribution in [0.3, 0.4) is 0 Å². The van der Waals surface area contributed by atoms with E-state index in [0.717, 1.165) is 12.1 Å². The molecule has 1 aromatic rings. The number of aliphatic hydroxyl groups excluding tert-OH is 3. The number of carbonyl (C=O) groups excluding carboxylic acids is 1. The molecule has 0 amide bonds. The molecular weight excluding hydrogens is 465 g/mol. The fourth-order valence-corrected chi connectivity index (χ4v) is 3.59. The Morgan fingerprint density at radius 1 is 1.20 bits per heavy atom. The molecule has 0 saturated carbocycles. The molecule has 0 bridgehead atoms. The van der Waals surface area contributed by atoms with Crippen LogP contribution in [0.5, 0.6) is 5.75 Å². The van der Waals surface area contributed by atoms with Crippen LogP contribution in [-0.4, -0.2) is 52.3 Å². The summed E-state index contributed by atoms with van der Waals surface area (Å²) >= 11 is 0. The zero-order valence-corrected chi connectivity index (χ0v) is 19.9. The predicted octanol–water partition coefficient (Wildman–Crippen LogP) is 4.49. The van der Waals surface area contributed by atoms with Crippen molar-refractivity contribution in [1.29, 1.82) is 0 Å². The van der Waals surface area contributed by atoms with Crippen LogP contribution < -0.4 is 4.74 Å². The molecule has 35 heavy (non-hydrogen) atoms. The number of esters is 1. The Morgan fingerprint density at radius 3 is 2.63 bits per heavy atom. The number of allylic oxidation sites excluding steroid dienone is 2. The van der Waals surface area contributed by atoms with Gasteiger partial charge in [-0.15, -0.1) is 0 Å². The van der Waals surface area contributed by atoms with Crippen LogP contribution in [0.2, 0.25) is 0 Å². The molecule has 1 aliphatic rings. The molecule has 194 valence electrons. The molecule has 1 aliphatic carbocycles. The topological polar surface area (TPSA) is 96.2 Å². The highest BCUT2D eigenvalue weighted by molar-refractivity contribution is 5.69. The number of benzene rings is 1. The molecule has 0 aromatic heterocycles. The van der Waals surface area contributed by atoms with Crippen molar-refractivity contribution in [3.63, 3.8) is 0 Å². The molecule has 0 fully saturated rings. The summed E-state index contributed by atoms with van der Waals surface area (Å²) in [5, 5.41) is 30.7. The Morgan fingerprint density at radius 2 is 1.94 bits per heavy atom. The molecule has 6 nitrogen and oxygen atoms in total. The smallest absolute Gasteiger partial charge is 0.416 e. The van der Waals surface area contributed by atoms with Gasteiger partial charge in [-0.2, -0.15) is 13.2 Å². The molecule has 0 aliphatic heterocycles.